The van der Waals surface area contributed by atoms with Crippen molar-refractivity contribution < 1.29 is 4.79 Å². The van der Waals surface area contributed by atoms with Gasteiger partial charge in [-0.25, -0.2) is 0 Å². The minimum atomic E-state index is -0.0634. The standard InChI is InChI=1S/C18H22N2O/c1-12-9-14(3)16(10-13(12)2)11-20-17-7-5-15(6-8-17)18(21)19-4/h5-10,20H,11H2,1-4H3,(H,19,21). The second-order valence-corrected chi connectivity index (χ2v) is 5.37. The lowest BCUT2D eigenvalue weighted by Gasteiger charge is -2.12. The molecule has 0 radical (unpaired) electrons. The van der Waals surface area contributed by atoms with E-state index in [1.165, 1.54) is 22.3 Å². The van der Waals surface area contributed by atoms with Crippen LogP contribution in [-0.2, 0) is 6.54 Å². The van der Waals surface area contributed by atoms with Gasteiger partial charge in [0.05, 0.1) is 0 Å². The van der Waals surface area contributed by atoms with Crippen LogP contribution in [0.3, 0.4) is 0 Å². The molecule has 21 heavy (non-hydrogen) atoms. The van der Waals surface area contributed by atoms with Gasteiger partial charge in [0.2, 0.25) is 0 Å². The number of rotatable bonds is 4. The van der Waals surface area contributed by atoms with E-state index in [2.05, 4.69) is 43.5 Å². The minimum Gasteiger partial charge on any atom is -0.381 e. The average molecular weight is 282 g/mol. The molecule has 0 aromatic heterocycles. The highest BCUT2D eigenvalue weighted by molar-refractivity contribution is 5.94. The molecule has 0 spiro atoms. The van der Waals surface area contributed by atoms with Gasteiger partial charge in [0.15, 0.2) is 0 Å². The highest BCUT2D eigenvalue weighted by Crippen LogP contribution is 2.17. The number of carbonyl (C=O) groups is 1. The number of anilines is 1. The molecule has 0 heterocycles. The summed E-state index contributed by atoms with van der Waals surface area (Å²) in [5, 5.41) is 6.02. The highest BCUT2D eigenvalue weighted by Gasteiger charge is 2.04. The third-order valence-corrected chi connectivity index (χ3v) is 3.81. The molecule has 0 atom stereocenters. The van der Waals surface area contributed by atoms with E-state index >= 15 is 0 Å². The molecule has 3 heteroatoms. The van der Waals surface area contributed by atoms with Gasteiger partial charge in [-0.1, -0.05) is 12.1 Å². The Kier molecular flexibility index (Phi) is 4.63. The van der Waals surface area contributed by atoms with Crippen molar-refractivity contribution in [3.05, 3.63) is 64.2 Å². The van der Waals surface area contributed by atoms with Gasteiger partial charge in [0, 0.05) is 24.8 Å². The Hall–Kier alpha value is -2.29. The molecule has 0 fully saturated rings. The smallest absolute Gasteiger partial charge is 0.251 e. The molecule has 0 saturated carbocycles. The third-order valence-electron chi connectivity index (χ3n) is 3.81. The SMILES string of the molecule is CNC(=O)c1ccc(NCc2cc(C)c(C)cc2C)cc1. The monoisotopic (exact) mass is 282 g/mol. The fraction of sp³-hybridized carbons (Fsp3) is 0.278. The average Bonchev–Trinajstić information content (AvgIpc) is 2.49. The van der Waals surface area contributed by atoms with Crippen LogP contribution in [0.25, 0.3) is 0 Å². The van der Waals surface area contributed by atoms with Gasteiger partial charge >= 0.3 is 0 Å². The van der Waals surface area contributed by atoms with Crippen LogP contribution in [0, 0.1) is 20.8 Å². The molecule has 0 unspecified atom stereocenters. The first kappa shape index (κ1) is 15.1. The van der Waals surface area contributed by atoms with E-state index in [9.17, 15) is 4.79 Å². The summed E-state index contributed by atoms with van der Waals surface area (Å²) in [5.74, 6) is -0.0634. The van der Waals surface area contributed by atoms with Crippen molar-refractivity contribution in [3.8, 4) is 0 Å². The van der Waals surface area contributed by atoms with E-state index < -0.39 is 0 Å². The molecule has 2 rings (SSSR count). The predicted octanol–water partition coefficient (Wildman–Crippen LogP) is 3.58. The Morgan fingerprint density at radius 1 is 0.952 bits per heavy atom. The summed E-state index contributed by atoms with van der Waals surface area (Å²) in [4.78, 5) is 11.5. The molecule has 0 aliphatic carbocycles. The maximum Gasteiger partial charge on any atom is 0.251 e. The first-order chi connectivity index (χ1) is 10.0. The van der Waals surface area contributed by atoms with Crippen molar-refractivity contribution in [1.82, 2.24) is 5.32 Å². The normalized spacial score (nSPS) is 10.3. The van der Waals surface area contributed by atoms with Gasteiger partial charge in [-0.2, -0.15) is 0 Å². The van der Waals surface area contributed by atoms with Crippen molar-refractivity contribution in [2.75, 3.05) is 12.4 Å². The first-order valence-electron chi connectivity index (χ1n) is 7.14. The van der Waals surface area contributed by atoms with Crippen molar-refractivity contribution in [1.29, 1.82) is 0 Å². The maximum atomic E-state index is 11.5. The lowest BCUT2D eigenvalue weighted by atomic mass is 10.0. The highest BCUT2D eigenvalue weighted by atomic mass is 16.1. The molecular weight excluding hydrogens is 260 g/mol. The fourth-order valence-electron chi connectivity index (χ4n) is 2.29. The van der Waals surface area contributed by atoms with Crippen LogP contribution in [0.1, 0.15) is 32.6 Å². The van der Waals surface area contributed by atoms with Crippen molar-refractivity contribution in [2.24, 2.45) is 0 Å². The third kappa shape index (κ3) is 3.63. The second kappa shape index (κ2) is 6.44. The van der Waals surface area contributed by atoms with Gasteiger partial charge in [0.1, 0.15) is 0 Å². The maximum absolute atomic E-state index is 11.5. The molecule has 2 aromatic carbocycles. The number of benzene rings is 2. The van der Waals surface area contributed by atoms with E-state index in [1.54, 1.807) is 7.05 Å². The fourth-order valence-corrected chi connectivity index (χ4v) is 2.29. The number of nitrogens with one attached hydrogen (secondary N) is 2. The van der Waals surface area contributed by atoms with Gasteiger partial charge in [0.25, 0.3) is 5.91 Å². The number of carbonyl (C=O) groups excluding carboxylic acids is 1. The first-order valence-corrected chi connectivity index (χ1v) is 7.14. The Bertz CT molecular complexity index is 645. The van der Waals surface area contributed by atoms with Crippen LogP contribution < -0.4 is 10.6 Å². The Morgan fingerprint density at radius 3 is 2.19 bits per heavy atom. The molecule has 2 aromatic rings. The summed E-state index contributed by atoms with van der Waals surface area (Å²) in [6.07, 6.45) is 0. The lowest BCUT2D eigenvalue weighted by Crippen LogP contribution is -2.17. The van der Waals surface area contributed by atoms with E-state index in [-0.39, 0.29) is 5.91 Å². The summed E-state index contributed by atoms with van der Waals surface area (Å²) in [6.45, 7) is 7.19. The van der Waals surface area contributed by atoms with Crippen LogP contribution in [0.5, 0.6) is 0 Å². The van der Waals surface area contributed by atoms with Crippen LogP contribution in [0.15, 0.2) is 36.4 Å². The van der Waals surface area contributed by atoms with E-state index in [1.807, 2.05) is 24.3 Å². The number of amides is 1. The summed E-state index contributed by atoms with van der Waals surface area (Å²) in [5.41, 5.74) is 6.92. The molecule has 2 N–H and O–H groups in total. The second-order valence-electron chi connectivity index (χ2n) is 5.37. The van der Waals surface area contributed by atoms with Crippen LogP contribution in [0.2, 0.25) is 0 Å². The lowest BCUT2D eigenvalue weighted by molar-refractivity contribution is 0.0963. The topological polar surface area (TPSA) is 41.1 Å². The number of hydrogen-bond donors (Lipinski definition) is 2. The molecule has 0 aliphatic heterocycles. The van der Waals surface area contributed by atoms with Crippen LogP contribution >= 0.6 is 0 Å². The number of aryl methyl sites for hydroxylation is 3. The Morgan fingerprint density at radius 2 is 1.57 bits per heavy atom. The van der Waals surface area contributed by atoms with Crippen molar-refractivity contribution in [3.63, 3.8) is 0 Å². The van der Waals surface area contributed by atoms with E-state index in [0.717, 1.165) is 12.2 Å². The van der Waals surface area contributed by atoms with E-state index in [4.69, 9.17) is 0 Å². The van der Waals surface area contributed by atoms with Gasteiger partial charge in [-0.3, -0.25) is 4.79 Å². The summed E-state index contributed by atoms with van der Waals surface area (Å²) in [6, 6.07) is 12.0. The quantitative estimate of drug-likeness (QED) is 0.900. The molecule has 0 saturated heterocycles. The zero-order valence-corrected chi connectivity index (χ0v) is 13.1. The molecule has 110 valence electrons. The van der Waals surface area contributed by atoms with Gasteiger partial charge in [-0.15, -0.1) is 0 Å². The molecule has 1 amide bonds. The molecule has 0 bridgehead atoms. The Labute approximate surface area is 126 Å². The van der Waals surface area contributed by atoms with Gasteiger partial charge < -0.3 is 10.6 Å². The van der Waals surface area contributed by atoms with Crippen molar-refractivity contribution >= 4 is 11.6 Å². The molecular formula is C18H22N2O. The zero-order chi connectivity index (χ0) is 15.4. The summed E-state index contributed by atoms with van der Waals surface area (Å²) < 4.78 is 0. The Balaban J connectivity index is 2.06. The predicted molar refractivity (Wildman–Crippen MR) is 87.8 cm³/mol. The van der Waals surface area contributed by atoms with Gasteiger partial charge in [-0.05, 0) is 67.3 Å². The summed E-state index contributed by atoms with van der Waals surface area (Å²) >= 11 is 0. The minimum absolute atomic E-state index is 0.0634. The largest absolute Gasteiger partial charge is 0.381 e. The van der Waals surface area contributed by atoms with E-state index in [0.29, 0.717) is 5.56 Å². The number of hydrogen-bond acceptors (Lipinski definition) is 2. The molecule has 3 nitrogen and oxygen atoms in total. The summed E-state index contributed by atoms with van der Waals surface area (Å²) in [7, 11) is 1.64. The van der Waals surface area contributed by atoms with Crippen LogP contribution in [0.4, 0.5) is 5.69 Å². The molecule has 0 aliphatic rings. The van der Waals surface area contributed by atoms with Crippen LogP contribution in [-0.4, -0.2) is 13.0 Å². The van der Waals surface area contributed by atoms with Crippen molar-refractivity contribution in [2.45, 2.75) is 27.3 Å². The zero-order valence-electron chi connectivity index (χ0n) is 13.1.